The van der Waals surface area contributed by atoms with E-state index in [1.54, 1.807) is 0 Å². The summed E-state index contributed by atoms with van der Waals surface area (Å²) >= 11 is 0. The molecule has 0 bridgehead atoms. The van der Waals surface area contributed by atoms with Gasteiger partial charge in [-0.05, 0) is 25.7 Å². The lowest BCUT2D eigenvalue weighted by Gasteiger charge is -2.21. The lowest BCUT2D eigenvalue weighted by molar-refractivity contribution is -0.159. The van der Waals surface area contributed by atoms with Crippen molar-refractivity contribution in [3.8, 4) is 0 Å². The van der Waals surface area contributed by atoms with E-state index in [9.17, 15) is 19.2 Å². The molecule has 2 aliphatic heterocycles. The number of carbonyl (C=O) groups excluding carboxylic acids is 4. The fourth-order valence-corrected chi connectivity index (χ4v) is 3.46. The molecular weight excluding hydrogens is 360 g/mol. The van der Waals surface area contributed by atoms with Crippen molar-refractivity contribution in [3.63, 3.8) is 0 Å². The molecule has 11 nitrogen and oxygen atoms in total. The van der Waals surface area contributed by atoms with E-state index in [4.69, 9.17) is 4.42 Å². The van der Waals surface area contributed by atoms with Gasteiger partial charge in [0.05, 0.1) is 14.2 Å². The summed E-state index contributed by atoms with van der Waals surface area (Å²) in [6.07, 6.45) is 2.50. The van der Waals surface area contributed by atoms with E-state index in [1.807, 2.05) is 0 Å². The number of likely N-dealkylation sites (tertiary alicyclic amines) is 2. The summed E-state index contributed by atoms with van der Waals surface area (Å²) in [4.78, 5) is 50.0. The predicted molar refractivity (Wildman–Crippen MR) is 85.7 cm³/mol. The van der Waals surface area contributed by atoms with Gasteiger partial charge in [0.1, 0.15) is 12.1 Å². The van der Waals surface area contributed by atoms with Crippen LogP contribution in [-0.2, 0) is 28.7 Å². The molecule has 27 heavy (non-hydrogen) atoms. The first-order valence-electron chi connectivity index (χ1n) is 8.59. The maximum atomic E-state index is 12.1. The Labute approximate surface area is 154 Å². The van der Waals surface area contributed by atoms with Crippen molar-refractivity contribution in [1.82, 2.24) is 20.0 Å². The van der Waals surface area contributed by atoms with Crippen molar-refractivity contribution in [2.24, 2.45) is 0 Å². The second-order valence-electron chi connectivity index (χ2n) is 6.27. The Morgan fingerprint density at radius 2 is 1.26 bits per heavy atom. The molecule has 11 heteroatoms. The van der Waals surface area contributed by atoms with Gasteiger partial charge >= 0.3 is 23.8 Å². The third-order valence-electron chi connectivity index (χ3n) is 4.77. The van der Waals surface area contributed by atoms with Crippen LogP contribution >= 0.6 is 0 Å². The standard InChI is InChI=1S/C16H20N4O7/c1-25-15(23)13(21)19-7-3-5-9(19)11-17-18-12(27-11)10-6-4-8-20(10)14(22)16(24)26-2/h9-10H,3-8H2,1-2H3/t9-,10?/m0/s1. The number of ether oxygens (including phenoxy) is 2. The van der Waals surface area contributed by atoms with E-state index in [-0.39, 0.29) is 11.8 Å². The van der Waals surface area contributed by atoms with Crippen molar-refractivity contribution in [2.45, 2.75) is 37.8 Å². The topological polar surface area (TPSA) is 132 Å². The molecular formula is C16H20N4O7. The van der Waals surface area contributed by atoms with E-state index in [0.717, 1.165) is 14.2 Å². The fraction of sp³-hybridized carbons (Fsp3) is 0.625. The molecule has 1 aromatic rings. The monoisotopic (exact) mass is 380 g/mol. The van der Waals surface area contributed by atoms with E-state index in [1.165, 1.54) is 9.80 Å². The van der Waals surface area contributed by atoms with Crippen molar-refractivity contribution in [2.75, 3.05) is 27.3 Å². The Kier molecular flexibility index (Phi) is 5.38. The molecule has 2 fully saturated rings. The van der Waals surface area contributed by atoms with Crippen molar-refractivity contribution >= 4 is 23.8 Å². The molecule has 2 saturated heterocycles. The normalized spacial score (nSPS) is 22.0. The summed E-state index contributed by atoms with van der Waals surface area (Å²) in [5.41, 5.74) is 0. The number of hydrogen-bond donors (Lipinski definition) is 0. The molecule has 1 unspecified atom stereocenters. The van der Waals surface area contributed by atoms with Gasteiger partial charge in [0.15, 0.2) is 0 Å². The molecule has 1 aromatic heterocycles. The zero-order valence-corrected chi connectivity index (χ0v) is 15.0. The van der Waals surface area contributed by atoms with Crippen LogP contribution < -0.4 is 0 Å². The summed E-state index contributed by atoms with van der Waals surface area (Å²) in [7, 11) is 2.28. The summed E-state index contributed by atoms with van der Waals surface area (Å²) in [6, 6.07) is -1.05. The second-order valence-corrected chi connectivity index (χ2v) is 6.27. The average molecular weight is 380 g/mol. The van der Waals surface area contributed by atoms with Crippen LogP contribution in [0.2, 0.25) is 0 Å². The number of nitrogens with zero attached hydrogens (tertiary/aromatic N) is 4. The number of amides is 2. The number of hydrogen-bond acceptors (Lipinski definition) is 9. The molecule has 2 aliphatic rings. The Morgan fingerprint density at radius 3 is 1.63 bits per heavy atom. The van der Waals surface area contributed by atoms with Crippen molar-refractivity contribution < 1.29 is 33.1 Å². The van der Waals surface area contributed by atoms with Crippen LogP contribution in [0.1, 0.15) is 49.5 Å². The third-order valence-corrected chi connectivity index (χ3v) is 4.77. The minimum Gasteiger partial charge on any atom is -0.462 e. The van der Waals surface area contributed by atoms with Crippen LogP contribution in [0.5, 0.6) is 0 Å². The van der Waals surface area contributed by atoms with Gasteiger partial charge in [-0.1, -0.05) is 0 Å². The van der Waals surface area contributed by atoms with Crippen LogP contribution in [0.15, 0.2) is 4.42 Å². The smallest absolute Gasteiger partial charge is 0.396 e. The van der Waals surface area contributed by atoms with Gasteiger partial charge in [0.2, 0.25) is 11.8 Å². The molecule has 3 heterocycles. The molecule has 146 valence electrons. The summed E-state index contributed by atoms with van der Waals surface area (Å²) < 4.78 is 14.7. The quantitative estimate of drug-likeness (QED) is 0.503. The maximum Gasteiger partial charge on any atom is 0.396 e. The summed E-state index contributed by atoms with van der Waals surface area (Å²) in [5.74, 6) is -3.04. The zero-order valence-electron chi connectivity index (χ0n) is 15.0. The molecule has 0 aromatic carbocycles. The zero-order chi connectivity index (χ0) is 19.6. The van der Waals surface area contributed by atoms with Crippen LogP contribution in [0.25, 0.3) is 0 Å². The Hall–Kier alpha value is -2.98. The molecule has 0 aliphatic carbocycles. The molecule has 0 saturated carbocycles. The SMILES string of the molecule is COC(=O)C(=O)N1CCCC1c1nnc([C@@H]2CCCN2C(=O)C(=O)OC)o1. The Balaban J connectivity index is 1.78. The van der Waals surface area contributed by atoms with Crippen molar-refractivity contribution in [3.05, 3.63) is 11.8 Å². The van der Waals surface area contributed by atoms with Crippen LogP contribution in [0, 0.1) is 0 Å². The van der Waals surface area contributed by atoms with E-state index in [0.29, 0.717) is 38.8 Å². The molecule has 0 spiro atoms. The predicted octanol–water partition coefficient (Wildman–Crippen LogP) is -0.257. The van der Waals surface area contributed by atoms with Gasteiger partial charge in [-0.2, -0.15) is 0 Å². The van der Waals surface area contributed by atoms with Gasteiger partial charge in [0, 0.05) is 13.1 Å². The van der Waals surface area contributed by atoms with Gasteiger partial charge in [-0.25, -0.2) is 9.59 Å². The lowest BCUT2D eigenvalue weighted by Crippen LogP contribution is -2.37. The first-order valence-corrected chi connectivity index (χ1v) is 8.59. The molecule has 2 amide bonds. The van der Waals surface area contributed by atoms with Crippen LogP contribution in [-0.4, -0.2) is 71.1 Å². The first kappa shape index (κ1) is 18.8. The lowest BCUT2D eigenvalue weighted by atomic mass is 10.2. The molecule has 0 radical (unpaired) electrons. The Bertz CT molecular complexity index is 701. The van der Waals surface area contributed by atoms with Gasteiger partial charge in [-0.3, -0.25) is 9.59 Å². The highest BCUT2D eigenvalue weighted by molar-refractivity contribution is 6.32. The fourth-order valence-electron chi connectivity index (χ4n) is 3.46. The van der Waals surface area contributed by atoms with E-state index in [2.05, 4.69) is 19.7 Å². The minimum absolute atomic E-state index is 0.192. The van der Waals surface area contributed by atoms with E-state index < -0.39 is 35.8 Å². The average Bonchev–Trinajstić information content (AvgIpc) is 3.43. The second kappa shape index (κ2) is 7.72. The Morgan fingerprint density at radius 1 is 0.852 bits per heavy atom. The van der Waals surface area contributed by atoms with Crippen LogP contribution in [0.3, 0.4) is 0 Å². The molecule has 3 rings (SSSR count). The third kappa shape index (κ3) is 3.49. The number of esters is 2. The largest absolute Gasteiger partial charge is 0.462 e. The summed E-state index contributed by atoms with van der Waals surface area (Å²) in [5, 5.41) is 8.01. The van der Waals surface area contributed by atoms with Crippen molar-refractivity contribution in [1.29, 1.82) is 0 Å². The van der Waals surface area contributed by atoms with Gasteiger partial charge < -0.3 is 23.7 Å². The highest BCUT2D eigenvalue weighted by Gasteiger charge is 2.40. The van der Waals surface area contributed by atoms with E-state index >= 15 is 0 Å². The number of methoxy groups -OCH3 is 2. The van der Waals surface area contributed by atoms with Gasteiger partial charge in [-0.15, -0.1) is 10.2 Å². The summed E-state index contributed by atoms with van der Waals surface area (Å²) in [6.45, 7) is 0.763. The van der Waals surface area contributed by atoms with Crippen LogP contribution in [0.4, 0.5) is 0 Å². The molecule has 2 atom stereocenters. The number of carbonyl (C=O) groups is 4. The number of aromatic nitrogens is 2. The minimum atomic E-state index is -0.952. The number of rotatable bonds is 2. The highest BCUT2D eigenvalue weighted by atomic mass is 16.5. The first-order chi connectivity index (χ1) is 13.0. The highest BCUT2D eigenvalue weighted by Crippen LogP contribution is 2.35. The molecule has 0 N–H and O–H groups in total. The maximum absolute atomic E-state index is 12.1. The van der Waals surface area contributed by atoms with Gasteiger partial charge in [0.25, 0.3) is 0 Å².